The highest BCUT2D eigenvalue weighted by molar-refractivity contribution is 7.80. The number of anilines is 1. The van der Waals surface area contributed by atoms with Crippen molar-refractivity contribution in [1.29, 1.82) is 0 Å². The Morgan fingerprint density at radius 2 is 1.69 bits per heavy atom. The molecule has 0 saturated carbocycles. The summed E-state index contributed by atoms with van der Waals surface area (Å²) in [5, 5.41) is 4.18. The van der Waals surface area contributed by atoms with Crippen molar-refractivity contribution < 1.29 is 14.3 Å². The average molecular weight is 541 g/mol. The predicted octanol–water partition coefficient (Wildman–Crippen LogP) is 6.24. The van der Waals surface area contributed by atoms with E-state index in [9.17, 15) is 4.79 Å². The zero-order valence-corrected chi connectivity index (χ0v) is 23.5. The van der Waals surface area contributed by atoms with Crippen LogP contribution in [0.3, 0.4) is 0 Å². The van der Waals surface area contributed by atoms with Crippen LogP contribution in [0.25, 0.3) is 5.69 Å². The van der Waals surface area contributed by atoms with Gasteiger partial charge >= 0.3 is 5.97 Å². The molecule has 0 aliphatic carbocycles. The fraction of sp³-hybridized carbons (Fsp3) is 0.258. The lowest BCUT2D eigenvalue weighted by atomic mass is 9.96. The number of aryl methyl sites for hydroxylation is 1. The fourth-order valence-electron chi connectivity index (χ4n) is 5.26. The van der Waals surface area contributed by atoms with Crippen LogP contribution in [0.15, 0.2) is 79.0 Å². The van der Waals surface area contributed by atoms with E-state index >= 15 is 0 Å². The van der Waals surface area contributed by atoms with Crippen molar-refractivity contribution >= 4 is 29.0 Å². The molecule has 39 heavy (non-hydrogen) atoms. The van der Waals surface area contributed by atoms with E-state index in [4.69, 9.17) is 21.7 Å². The third-order valence-corrected chi connectivity index (χ3v) is 7.23. The van der Waals surface area contributed by atoms with Crippen LogP contribution in [0, 0.1) is 13.8 Å². The molecule has 1 aliphatic rings. The molecule has 1 aliphatic heterocycles. The van der Waals surface area contributed by atoms with Crippen LogP contribution in [0.1, 0.15) is 58.9 Å². The summed E-state index contributed by atoms with van der Waals surface area (Å²) < 4.78 is 12.9. The smallest absolute Gasteiger partial charge is 0.337 e. The molecule has 0 bridgehead atoms. The first kappa shape index (κ1) is 26.4. The molecule has 2 atom stereocenters. The lowest BCUT2D eigenvalue weighted by Crippen LogP contribution is -2.29. The van der Waals surface area contributed by atoms with E-state index in [-0.39, 0.29) is 24.2 Å². The zero-order chi connectivity index (χ0) is 27.7. The first-order valence-corrected chi connectivity index (χ1v) is 13.3. The summed E-state index contributed by atoms with van der Waals surface area (Å²) in [6.45, 7) is 8.23. The number of rotatable bonds is 7. The number of thiocarbonyl (C=S) groups is 1. The lowest BCUT2D eigenvalue weighted by Gasteiger charge is -2.28. The number of hydrogen-bond donors (Lipinski definition) is 1. The Morgan fingerprint density at radius 3 is 2.31 bits per heavy atom. The quantitative estimate of drug-likeness (QED) is 0.220. The summed E-state index contributed by atoms with van der Waals surface area (Å²) in [5.41, 5.74) is 6.66. The van der Waals surface area contributed by atoms with Crippen molar-refractivity contribution in [3.8, 4) is 11.4 Å². The van der Waals surface area contributed by atoms with Crippen molar-refractivity contribution in [2.24, 2.45) is 0 Å². The van der Waals surface area contributed by atoms with Gasteiger partial charge in [0, 0.05) is 29.0 Å². The number of nitrogens with zero attached hydrogens (tertiary/aromatic N) is 3. The third kappa shape index (κ3) is 5.12. The number of pyridine rings is 1. The maximum atomic E-state index is 12.0. The number of nitrogens with one attached hydrogen (secondary N) is 1. The molecule has 4 aromatic rings. The Bertz CT molecular complexity index is 1480. The Labute approximate surface area is 234 Å². The Balaban J connectivity index is 1.59. The summed E-state index contributed by atoms with van der Waals surface area (Å²) in [7, 11) is 1.39. The van der Waals surface area contributed by atoms with Crippen LogP contribution < -0.4 is 15.0 Å². The Kier molecular flexibility index (Phi) is 7.39. The van der Waals surface area contributed by atoms with Crippen molar-refractivity contribution in [2.45, 2.75) is 45.9 Å². The number of esters is 1. The summed E-state index contributed by atoms with van der Waals surface area (Å²) in [5.74, 6) is 0.464. The van der Waals surface area contributed by atoms with Crippen molar-refractivity contribution in [1.82, 2.24) is 14.9 Å². The average Bonchev–Trinajstić information content (AvgIpc) is 3.43. The number of carbonyl (C=O) groups is 1. The second-order valence-electron chi connectivity index (χ2n) is 9.86. The summed E-state index contributed by atoms with van der Waals surface area (Å²) in [6.07, 6.45) is 1.91. The largest absolute Gasteiger partial charge is 0.491 e. The molecule has 0 spiro atoms. The minimum Gasteiger partial charge on any atom is -0.491 e. The number of aromatic nitrogens is 2. The fourth-order valence-corrected chi connectivity index (χ4v) is 5.60. The molecule has 3 heterocycles. The van der Waals surface area contributed by atoms with Gasteiger partial charge in [0.15, 0.2) is 5.11 Å². The monoisotopic (exact) mass is 540 g/mol. The van der Waals surface area contributed by atoms with Gasteiger partial charge in [-0.25, -0.2) is 4.79 Å². The van der Waals surface area contributed by atoms with E-state index in [1.807, 2.05) is 74.6 Å². The van der Waals surface area contributed by atoms with Crippen LogP contribution in [0.2, 0.25) is 0 Å². The van der Waals surface area contributed by atoms with E-state index in [0.717, 1.165) is 39.8 Å². The maximum absolute atomic E-state index is 12.0. The van der Waals surface area contributed by atoms with Crippen LogP contribution in [-0.4, -0.2) is 33.8 Å². The molecular weight excluding hydrogens is 508 g/mol. The van der Waals surface area contributed by atoms with E-state index in [0.29, 0.717) is 10.7 Å². The minimum atomic E-state index is -0.354. The first-order chi connectivity index (χ1) is 18.8. The highest BCUT2D eigenvalue weighted by Gasteiger charge is 2.42. The molecule has 1 N–H and O–H groups in total. The number of benzene rings is 2. The van der Waals surface area contributed by atoms with Crippen LogP contribution in [-0.2, 0) is 4.74 Å². The molecule has 2 aromatic carbocycles. The number of methoxy groups -OCH3 is 1. The van der Waals surface area contributed by atoms with Crippen molar-refractivity contribution in [3.63, 3.8) is 0 Å². The zero-order valence-electron chi connectivity index (χ0n) is 22.7. The first-order valence-electron chi connectivity index (χ1n) is 12.9. The van der Waals surface area contributed by atoms with Crippen LogP contribution in [0.5, 0.6) is 5.75 Å². The van der Waals surface area contributed by atoms with E-state index in [1.165, 1.54) is 7.11 Å². The molecule has 0 radical (unpaired) electrons. The van der Waals surface area contributed by atoms with Gasteiger partial charge in [0.2, 0.25) is 0 Å². The van der Waals surface area contributed by atoms with Gasteiger partial charge in [-0.15, -0.1) is 0 Å². The number of hydrogen-bond acceptors (Lipinski definition) is 5. The maximum Gasteiger partial charge on any atom is 0.337 e. The highest BCUT2D eigenvalue weighted by Crippen LogP contribution is 2.44. The molecular formula is C31H32N4O3S. The molecule has 0 unspecified atom stereocenters. The Hall–Kier alpha value is -4.17. The lowest BCUT2D eigenvalue weighted by molar-refractivity contribution is 0.0600. The molecule has 5 rings (SSSR count). The molecule has 8 heteroatoms. The second kappa shape index (κ2) is 10.9. The van der Waals surface area contributed by atoms with Gasteiger partial charge in [0.25, 0.3) is 0 Å². The summed E-state index contributed by atoms with van der Waals surface area (Å²) in [6, 6.07) is 23.4. The normalized spacial score (nSPS) is 16.9. The van der Waals surface area contributed by atoms with Gasteiger partial charge in [0.1, 0.15) is 5.75 Å². The summed E-state index contributed by atoms with van der Waals surface area (Å²) >= 11 is 5.91. The number of ether oxygens (including phenoxy) is 2. The Morgan fingerprint density at radius 1 is 1.00 bits per heavy atom. The van der Waals surface area contributed by atoms with E-state index < -0.39 is 0 Å². The van der Waals surface area contributed by atoms with Gasteiger partial charge in [-0.05, 0) is 112 Å². The van der Waals surface area contributed by atoms with E-state index in [1.54, 1.807) is 12.1 Å². The second-order valence-corrected chi connectivity index (χ2v) is 10.2. The van der Waals surface area contributed by atoms with Crippen LogP contribution in [0.4, 0.5) is 5.69 Å². The minimum absolute atomic E-state index is 0.0961. The van der Waals surface area contributed by atoms with Gasteiger partial charge in [-0.2, -0.15) is 0 Å². The molecule has 7 nitrogen and oxygen atoms in total. The molecule has 0 amide bonds. The SMILES string of the molecule is COC(=O)c1ccc(-n2c(C)cc([C@H]3[C@@H](c4ccccn4)NC(=S)N3c3ccc(OC(C)C)cc3)c2C)cc1. The highest BCUT2D eigenvalue weighted by atomic mass is 32.1. The van der Waals surface area contributed by atoms with E-state index in [2.05, 4.69) is 39.7 Å². The standard InChI is InChI=1S/C31H32N4O3S/c1-19(2)38-25-15-13-24(14-16-25)35-29(28(33-31(35)39)27-8-6-7-17-32-27)26-18-20(3)34(21(26)4)23-11-9-22(10-12-23)30(36)37-5/h6-19,28-29H,1-5H3,(H,33,39)/t28-,29+/m1/s1. The van der Waals surface area contributed by atoms with Gasteiger partial charge in [-0.1, -0.05) is 6.07 Å². The van der Waals surface area contributed by atoms with Gasteiger partial charge in [-0.3, -0.25) is 4.98 Å². The van der Waals surface area contributed by atoms with Gasteiger partial charge in [0.05, 0.1) is 36.6 Å². The van der Waals surface area contributed by atoms with Crippen LogP contribution >= 0.6 is 12.2 Å². The topological polar surface area (TPSA) is 68.6 Å². The molecule has 2 aromatic heterocycles. The molecule has 200 valence electrons. The predicted molar refractivity (Wildman–Crippen MR) is 157 cm³/mol. The van der Waals surface area contributed by atoms with Gasteiger partial charge < -0.3 is 24.3 Å². The number of carbonyl (C=O) groups excluding carboxylic acids is 1. The molecule has 1 saturated heterocycles. The molecule has 1 fully saturated rings. The third-order valence-electron chi connectivity index (χ3n) is 6.92. The summed E-state index contributed by atoms with van der Waals surface area (Å²) in [4.78, 5) is 18.8. The van der Waals surface area contributed by atoms with Crippen molar-refractivity contribution in [2.75, 3.05) is 12.0 Å². The van der Waals surface area contributed by atoms with Crippen molar-refractivity contribution in [3.05, 3.63) is 107 Å².